The maximum atomic E-state index is 9.08. The summed E-state index contributed by atoms with van der Waals surface area (Å²) < 4.78 is 5.38. The van der Waals surface area contributed by atoms with Crippen LogP contribution in [0.4, 0.5) is 0 Å². The molecule has 1 heterocycles. The number of hydrogen-bond donors (Lipinski definition) is 2. The molecule has 1 rings (SSSR count). The molecule has 0 aromatic heterocycles. The van der Waals surface area contributed by atoms with E-state index in [0.29, 0.717) is 6.42 Å². The summed E-state index contributed by atoms with van der Waals surface area (Å²) in [6, 6.07) is 0. The van der Waals surface area contributed by atoms with Gasteiger partial charge in [0.05, 0.1) is 18.8 Å². The molecule has 0 aromatic carbocycles. The number of hydrogen-bond acceptors (Lipinski definition) is 3. The molecule has 3 heteroatoms. The van der Waals surface area contributed by atoms with E-state index in [4.69, 9.17) is 14.9 Å². The quantitative estimate of drug-likeness (QED) is 0.624. The van der Waals surface area contributed by atoms with Crippen LogP contribution in [0.3, 0.4) is 0 Å². The van der Waals surface area contributed by atoms with Crippen molar-refractivity contribution in [2.45, 2.75) is 37.9 Å². The van der Waals surface area contributed by atoms with Crippen molar-refractivity contribution < 1.29 is 14.9 Å². The Balaban J connectivity index is 2.13. The van der Waals surface area contributed by atoms with E-state index >= 15 is 0 Å². The van der Waals surface area contributed by atoms with E-state index in [2.05, 4.69) is 0 Å². The van der Waals surface area contributed by atoms with Crippen molar-refractivity contribution >= 4 is 0 Å². The third kappa shape index (κ3) is 3.18. The number of aliphatic hydroxyl groups excluding tert-OH is 2. The molecule has 2 unspecified atom stereocenters. The van der Waals surface area contributed by atoms with Gasteiger partial charge in [-0.2, -0.15) is 0 Å². The van der Waals surface area contributed by atoms with Crippen LogP contribution in [0.15, 0.2) is 0 Å². The van der Waals surface area contributed by atoms with Gasteiger partial charge in [-0.25, -0.2) is 0 Å². The molecule has 0 spiro atoms. The second kappa shape index (κ2) is 4.70. The third-order valence-electron chi connectivity index (χ3n) is 2.02. The number of ether oxygens (including phenoxy) is 1. The van der Waals surface area contributed by atoms with Crippen molar-refractivity contribution in [1.29, 1.82) is 0 Å². The van der Waals surface area contributed by atoms with E-state index < -0.39 is 6.10 Å². The van der Waals surface area contributed by atoms with Crippen LogP contribution in [-0.2, 0) is 4.74 Å². The summed E-state index contributed by atoms with van der Waals surface area (Å²) in [4.78, 5) is 0. The fourth-order valence-electron chi connectivity index (χ4n) is 1.37. The molecule has 0 amide bonds. The van der Waals surface area contributed by atoms with Gasteiger partial charge in [-0.15, -0.1) is 0 Å². The van der Waals surface area contributed by atoms with Crippen molar-refractivity contribution in [1.82, 2.24) is 0 Å². The zero-order chi connectivity index (χ0) is 8.10. The minimum absolute atomic E-state index is 0.153. The second-order valence-electron chi connectivity index (χ2n) is 3.06. The Morgan fingerprint density at radius 1 is 1.45 bits per heavy atom. The molecule has 66 valence electrons. The van der Waals surface area contributed by atoms with Gasteiger partial charge in [-0.05, 0) is 19.3 Å². The third-order valence-corrected chi connectivity index (χ3v) is 2.02. The van der Waals surface area contributed by atoms with Crippen LogP contribution in [0, 0.1) is 0 Å². The molecule has 0 radical (unpaired) electrons. The normalized spacial score (nSPS) is 28.4. The zero-order valence-electron chi connectivity index (χ0n) is 6.70. The van der Waals surface area contributed by atoms with Crippen molar-refractivity contribution in [3.8, 4) is 0 Å². The lowest BCUT2D eigenvalue weighted by Gasteiger charge is -2.23. The molecule has 1 aliphatic heterocycles. The van der Waals surface area contributed by atoms with Crippen LogP contribution < -0.4 is 0 Å². The van der Waals surface area contributed by atoms with Crippen LogP contribution in [0.2, 0.25) is 0 Å². The van der Waals surface area contributed by atoms with Crippen molar-refractivity contribution in [2.75, 3.05) is 13.2 Å². The average molecular weight is 160 g/mol. The predicted molar refractivity (Wildman–Crippen MR) is 41.3 cm³/mol. The van der Waals surface area contributed by atoms with Gasteiger partial charge in [0.25, 0.3) is 0 Å². The first-order valence-electron chi connectivity index (χ1n) is 4.23. The first-order chi connectivity index (χ1) is 5.33. The molecular formula is C8H16O3. The molecule has 2 atom stereocenters. The second-order valence-corrected chi connectivity index (χ2v) is 3.06. The van der Waals surface area contributed by atoms with E-state index in [-0.39, 0.29) is 12.7 Å². The van der Waals surface area contributed by atoms with Gasteiger partial charge in [0.15, 0.2) is 0 Å². The molecular weight excluding hydrogens is 144 g/mol. The van der Waals surface area contributed by atoms with Gasteiger partial charge in [-0.3, -0.25) is 0 Å². The van der Waals surface area contributed by atoms with Crippen LogP contribution >= 0.6 is 0 Å². The molecule has 2 N–H and O–H groups in total. The van der Waals surface area contributed by atoms with Gasteiger partial charge in [0.1, 0.15) is 0 Å². The van der Waals surface area contributed by atoms with Crippen LogP contribution in [0.25, 0.3) is 0 Å². The van der Waals surface area contributed by atoms with Crippen molar-refractivity contribution in [3.63, 3.8) is 0 Å². The summed E-state index contributed by atoms with van der Waals surface area (Å²) in [5, 5.41) is 17.6. The predicted octanol–water partition coefficient (Wildman–Crippen LogP) is 0.299. The molecule has 1 saturated heterocycles. The lowest BCUT2D eigenvalue weighted by atomic mass is 10.0. The highest BCUT2D eigenvalue weighted by molar-refractivity contribution is 4.67. The zero-order valence-corrected chi connectivity index (χ0v) is 6.70. The first-order valence-corrected chi connectivity index (χ1v) is 4.23. The smallest absolute Gasteiger partial charge is 0.0795 e. The topological polar surface area (TPSA) is 49.7 Å². The minimum Gasteiger partial charge on any atom is -0.394 e. The van der Waals surface area contributed by atoms with E-state index in [1.54, 1.807) is 0 Å². The molecule has 0 bridgehead atoms. The van der Waals surface area contributed by atoms with E-state index in [0.717, 1.165) is 19.4 Å². The Kier molecular flexibility index (Phi) is 3.83. The molecule has 0 aliphatic carbocycles. The summed E-state index contributed by atoms with van der Waals surface area (Å²) in [5.41, 5.74) is 0. The molecule has 0 aromatic rings. The number of rotatable bonds is 3. The highest BCUT2D eigenvalue weighted by atomic mass is 16.5. The van der Waals surface area contributed by atoms with Gasteiger partial charge in [-0.1, -0.05) is 0 Å². The molecule has 3 nitrogen and oxygen atoms in total. The highest BCUT2D eigenvalue weighted by Gasteiger charge is 2.16. The first kappa shape index (κ1) is 8.97. The Labute approximate surface area is 67.0 Å². The van der Waals surface area contributed by atoms with Crippen LogP contribution in [-0.4, -0.2) is 35.6 Å². The molecule has 11 heavy (non-hydrogen) atoms. The minimum atomic E-state index is -0.599. The molecule has 1 fully saturated rings. The average Bonchev–Trinajstić information content (AvgIpc) is 2.06. The number of aliphatic hydroxyl groups is 2. The lowest BCUT2D eigenvalue weighted by molar-refractivity contribution is -0.0259. The summed E-state index contributed by atoms with van der Waals surface area (Å²) >= 11 is 0. The Hall–Kier alpha value is -0.120. The Bertz CT molecular complexity index is 99.5. The standard InChI is InChI=1S/C8H16O3/c9-6-7(10)5-8-3-1-2-4-11-8/h7-10H,1-6H2. The summed E-state index contributed by atoms with van der Waals surface area (Å²) in [7, 11) is 0. The van der Waals surface area contributed by atoms with Crippen LogP contribution in [0.5, 0.6) is 0 Å². The van der Waals surface area contributed by atoms with Gasteiger partial charge in [0.2, 0.25) is 0 Å². The summed E-state index contributed by atoms with van der Waals surface area (Å²) in [5.74, 6) is 0. The molecule has 0 saturated carbocycles. The fourth-order valence-corrected chi connectivity index (χ4v) is 1.37. The summed E-state index contributed by atoms with van der Waals surface area (Å²) in [6.07, 6.45) is 3.49. The van der Waals surface area contributed by atoms with Crippen LogP contribution in [0.1, 0.15) is 25.7 Å². The van der Waals surface area contributed by atoms with Crippen molar-refractivity contribution in [2.24, 2.45) is 0 Å². The fraction of sp³-hybridized carbons (Fsp3) is 1.00. The van der Waals surface area contributed by atoms with Gasteiger partial charge < -0.3 is 14.9 Å². The van der Waals surface area contributed by atoms with E-state index in [9.17, 15) is 0 Å². The maximum absolute atomic E-state index is 9.08. The summed E-state index contributed by atoms with van der Waals surface area (Å²) in [6.45, 7) is 0.655. The van der Waals surface area contributed by atoms with E-state index in [1.165, 1.54) is 6.42 Å². The largest absolute Gasteiger partial charge is 0.394 e. The van der Waals surface area contributed by atoms with E-state index in [1.807, 2.05) is 0 Å². The van der Waals surface area contributed by atoms with Crippen molar-refractivity contribution in [3.05, 3.63) is 0 Å². The lowest BCUT2D eigenvalue weighted by Crippen LogP contribution is -2.26. The SMILES string of the molecule is OCC(O)CC1CCCCO1. The van der Waals surface area contributed by atoms with Gasteiger partial charge in [0, 0.05) is 13.0 Å². The monoisotopic (exact) mass is 160 g/mol. The highest BCUT2D eigenvalue weighted by Crippen LogP contribution is 2.16. The Morgan fingerprint density at radius 2 is 2.27 bits per heavy atom. The maximum Gasteiger partial charge on any atom is 0.0795 e. The van der Waals surface area contributed by atoms with Gasteiger partial charge >= 0.3 is 0 Å². The molecule has 1 aliphatic rings. The Morgan fingerprint density at radius 3 is 2.82 bits per heavy atom.